The number of pyridine rings is 1. The fourth-order valence-electron chi connectivity index (χ4n) is 2.98. The number of aromatic nitrogens is 3. The Morgan fingerprint density at radius 3 is 2.54 bits per heavy atom. The highest BCUT2D eigenvalue weighted by molar-refractivity contribution is 7.89. The molecule has 1 aliphatic heterocycles. The summed E-state index contributed by atoms with van der Waals surface area (Å²) in [5, 5.41) is 0.367. The molecule has 0 radical (unpaired) electrons. The van der Waals surface area contributed by atoms with Crippen molar-refractivity contribution in [1.82, 2.24) is 22.9 Å². The quantitative estimate of drug-likeness (QED) is 0.560. The maximum Gasteiger partial charge on any atom is 0.274 e. The van der Waals surface area contributed by atoms with E-state index in [1.165, 1.54) is 27.4 Å². The van der Waals surface area contributed by atoms with Crippen LogP contribution in [0.15, 0.2) is 35.2 Å². The molecular formula is C16H13Cl2N5O3S2. The fourth-order valence-corrected chi connectivity index (χ4v) is 5.49. The van der Waals surface area contributed by atoms with Crippen LogP contribution in [-0.4, -0.2) is 63.4 Å². The zero-order valence-electron chi connectivity index (χ0n) is 14.2. The molecule has 0 atom stereocenters. The molecule has 28 heavy (non-hydrogen) atoms. The van der Waals surface area contributed by atoms with Crippen LogP contribution in [0.4, 0.5) is 0 Å². The molecule has 4 rings (SSSR count). The number of sulfonamides is 1. The van der Waals surface area contributed by atoms with Crippen LogP contribution in [0, 0.1) is 0 Å². The Balaban J connectivity index is 1.53. The molecule has 146 valence electrons. The predicted molar refractivity (Wildman–Crippen MR) is 106 cm³/mol. The van der Waals surface area contributed by atoms with Crippen molar-refractivity contribution in [2.24, 2.45) is 0 Å². The molecule has 1 amide bonds. The molecule has 1 saturated heterocycles. The van der Waals surface area contributed by atoms with Crippen LogP contribution < -0.4 is 0 Å². The minimum atomic E-state index is -3.75. The van der Waals surface area contributed by atoms with Crippen LogP contribution in [0.25, 0.3) is 11.0 Å². The number of carbonyl (C=O) groups excluding carboxylic acids is 1. The van der Waals surface area contributed by atoms with Crippen molar-refractivity contribution in [3.8, 4) is 0 Å². The summed E-state index contributed by atoms with van der Waals surface area (Å²) in [5.41, 5.74) is 0.964. The van der Waals surface area contributed by atoms with E-state index in [2.05, 4.69) is 13.7 Å². The van der Waals surface area contributed by atoms with E-state index in [1.807, 2.05) is 0 Å². The lowest BCUT2D eigenvalue weighted by Gasteiger charge is -2.33. The van der Waals surface area contributed by atoms with Crippen LogP contribution >= 0.6 is 34.9 Å². The topological polar surface area (TPSA) is 96.4 Å². The van der Waals surface area contributed by atoms with Crippen LogP contribution in [0.1, 0.15) is 10.5 Å². The number of benzene rings is 1. The lowest BCUT2D eigenvalue weighted by molar-refractivity contribution is 0.0692. The molecule has 2 aromatic heterocycles. The second kappa shape index (κ2) is 7.53. The third kappa shape index (κ3) is 3.46. The smallest absolute Gasteiger partial charge is 0.274 e. The highest BCUT2D eigenvalue weighted by Crippen LogP contribution is 2.26. The van der Waals surface area contributed by atoms with Crippen LogP contribution in [0.2, 0.25) is 10.2 Å². The average Bonchev–Trinajstić information content (AvgIpc) is 3.18. The number of carbonyl (C=O) groups is 1. The highest BCUT2D eigenvalue weighted by atomic mass is 35.5. The van der Waals surface area contributed by atoms with Gasteiger partial charge >= 0.3 is 0 Å². The zero-order chi connectivity index (χ0) is 19.9. The van der Waals surface area contributed by atoms with E-state index >= 15 is 0 Å². The van der Waals surface area contributed by atoms with Crippen LogP contribution in [-0.2, 0) is 10.0 Å². The van der Waals surface area contributed by atoms with Crippen LogP contribution in [0.3, 0.4) is 0 Å². The molecule has 1 fully saturated rings. The third-order valence-corrected chi connectivity index (χ3v) is 7.40. The van der Waals surface area contributed by atoms with Gasteiger partial charge in [0.1, 0.15) is 26.8 Å². The average molecular weight is 458 g/mol. The van der Waals surface area contributed by atoms with Gasteiger partial charge in [-0.2, -0.15) is 13.1 Å². The monoisotopic (exact) mass is 457 g/mol. The molecule has 12 heteroatoms. The Hall–Kier alpha value is -1.85. The first-order chi connectivity index (χ1) is 13.4. The second-order valence-electron chi connectivity index (χ2n) is 6.05. The van der Waals surface area contributed by atoms with Crippen molar-refractivity contribution < 1.29 is 13.2 Å². The Morgan fingerprint density at radius 1 is 1.04 bits per heavy atom. The Morgan fingerprint density at radius 2 is 1.79 bits per heavy atom. The number of amides is 1. The van der Waals surface area contributed by atoms with Gasteiger partial charge in [-0.25, -0.2) is 13.4 Å². The molecule has 0 aliphatic carbocycles. The lowest BCUT2D eigenvalue weighted by Crippen LogP contribution is -2.50. The van der Waals surface area contributed by atoms with Gasteiger partial charge in [0.25, 0.3) is 5.91 Å². The molecule has 0 N–H and O–H groups in total. The maximum absolute atomic E-state index is 13.1. The Bertz CT molecular complexity index is 1160. The summed E-state index contributed by atoms with van der Waals surface area (Å²) in [4.78, 5) is 18.3. The number of halogens is 2. The summed E-state index contributed by atoms with van der Waals surface area (Å²) >= 11 is 12.9. The molecule has 0 bridgehead atoms. The summed E-state index contributed by atoms with van der Waals surface area (Å²) < 4.78 is 35.6. The van der Waals surface area contributed by atoms with E-state index in [4.69, 9.17) is 23.2 Å². The number of nitrogens with zero attached hydrogens (tertiary/aromatic N) is 5. The molecule has 3 aromatic rings. The highest BCUT2D eigenvalue weighted by Gasteiger charge is 2.33. The number of hydrogen-bond acceptors (Lipinski definition) is 7. The molecule has 0 unspecified atom stereocenters. The van der Waals surface area contributed by atoms with E-state index in [-0.39, 0.29) is 52.9 Å². The van der Waals surface area contributed by atoms with Gasteiger partial charge in [-0.1, -0.05) is 29.3 Å². The summed E-state index contributed by atoms with van der Waals surface area (Å²) in [6.45, 7) is 0.738. The van der Waals surface area contributed by atoms with Gasteiger partial charge in [0.05, 0.1) is 16.8 Å². The SMILES string of the molecule is O=C(c1nc(Cl)ccc1Cl)N1CCN(S(=O)(=O)c2cccc3nsnc23)CC1. The summed E-state index contributed by atoms with van der Waals surface area (Å²) in [6.07, 6.45) is 0. The number of hydrogen-bond donors (Lipinski definition) is 0. The first-order valence-corrected chi connectivity index (χ1v) is 11.1. The summed E-state index contributed by atoms with van der Waals surface area (Å²) in [7, 11) is -3.75. The largest absolute Gasteiger partial charge is 0.335 e. The molecular weight excluding hydrogens is 445 g/mol. The zero-order valence-corrected chi connectivity index (χ0v) is 17.4. The van der Waals surface area contributed by atoms with E-state index in [0.29, 0.717) is 11.0 Å². The minimum Gasteiger partial charge on any atom is -0.335 e. The van der Waals surface area contributed by atoms with Gasteiger partial charge in [0.2, 0.25) is 10.0 Å². The molecule has 3 heterocycles. The van der Waals surface area contributed by atoms with Crippen molar-refractivity contribution in [2.45, 2.75) is 4.90 Å². The standard InChI is InChI=1S/C16H13Cl2N5O3S2/c17-10-4-5-13(18)19-14(10)16(24)22-6-8-23(9-7-22)28(25,26)12-3-1-2-11-15(12)21-27-20-11/h1-5H,6-9H2. The summed E-state index contributed by atoms with van der Waals surface area (Å²) in [6, 6.07) is 7.89. The molecule has 1 aromatic carbocycles. The van der Waals surface area contributed by atoms with E-state index in [9.17, 15) is 13.2 Å². The maximum atomic E-state index is 13.1. The first-order valence-electron chi connectivity index (χ1n) is 8.20. The second-order valence-corrected chi connectivity index (χ2v) is 9.28. The molecule has 0 spiro atoms. The van der Waals surface area contributed by atoms with Crippen molar-refractivity contribution >= 4 is 61.9 Å². The number of fused-ring (bicyclic) bond motifs is 1. The normalized spacial score (nSPS) is 15.9. The first kappa shape index (κ1) is 19.5. The fraction of sp³-hybridized carbons (Fsp3) is 0.250. The van der Waals surface area contributed by atoms with Crippen molar-refractivity contribution in [2.75, 3.05) is 26.2 Å². The van der Waals surface area contributed by atoms with Crippen molar-refractivity contribution in [3.05, 3.63) is 46.2 Å². The Labute approximate surface area is 175 Å². The summed E-state index contributed by atoms with van der Waals surface area (Å²) in [5.74, 6) is -0.379. The van der Waals surface area contributed by atoms with Crippen LogP contribution in [0.5, 0.6) is 0 Å². The van der Waals surface area contributed by atoms with E-state index in [1.54, 1.807) is 12.1 Å². The molecule has 1 aliphatic rings. The molecule has 8 nitrogen and oxygen atoms in total. The van der Waals surface area contributed by atoms with E-state index < -0.39 is 10.0 Å². The van der Waals surface area contributed by atoms with Gasteiger partial charge in [-0.3, -0.25) is 4.79 Å². The predicted octanol–water partition coefficient (Wildman–Crippen LogP) is 2.54. The lowest BCUT2D eigenvalue weighted by atomic mass is 10.3. The number of piperazine rings is 1. The Kier molecular flexibility index (Phi) is 5.23. The number of rotatable bonds is 3. The van der Waals surface area contributed by atoms with Gasteiger partial charge in [0.15, 0.2) is 0 Å². The molecule has 0 saturated carbocycles. The van der Waals surface area contributed by atoms with Gasteiger partial charge in [0, 0.05) is 26.2 Å². The van der Waals surface area contributed by atoms with Gasteiger partial charge in [-0.15, -0.1) is 0 Å². The van der Waals surface area contributed by atoms with Crippen molar-refractivity contribution in [3.63, 3.8) is 0 Å². The van der Waals surface area contributed by atoms with Gasteiger partial charge < -0.3 is 4.90 Å². The van der Waals surface area contributed by atoms with E-state index in [0.717, 1.165) is 11.7 Å². The van der Waals surface area contributed by atoms with Crippen molar-refractivity contribution in [1.29, 1.82) is 0 Å². The van der Waals surface area contributed by atoms with Gasteiger partial charge in [-0.05, 0) is 24.3 Å². The third-order valence-electron chi connectivity index (χ3n) is 4.41. The minimum absolute atomic E-state index is 0.0591.